The number of methoxy groups -OCH3 is 1. The molecule has 0 amide bonds. The summed E-state index contributed by atoms with van der Waals surface area (Å²) in [7, 11) is 3.65. The number of anilines is 1. The third-order valence-corrected chi connectivity index (χ3v) is 5.90. The largest absolute Gasteiger partial charge is 0.383 e. The number of ether oxygens (including phenoxy) is 1. The molecule has 2 aromatic heterocycles. The molecule has 0 saturated heterocycles. The summed E-state index contributed by atoms with van der Waals surface area (Å²) in [4.78, 5) is 6.75. The van der Waals surface area contributed by atoms with Crippen molar-refractivity contribution in [2.75, 3.05) is 32.1 Å². The average Bonchev–Trinajstić information content (AvgIpc) is 3.03. The van der Waals surface area contributed by atoms with Crippen LogP contribution >= 0.6 is 11.6 Å². The van der Waals surface area contributed by atoms with Gasteiger partial charge in [-0.05, 0) is 36.2 Å². The zero-order valence-corrected chi connectivity index (χ0v) is 17.8. The minimum atomic E-state index is -0.231. The molecule has 3 aromatic rings. The number of nitrogens with one attached hydrogen (secondary N) is 1. The Hall–Kier alpha value is -2.66. The number of pyridine rings is 1. The molecule has 0 spiro atoms. The predicted octanol–water partition coefficient (Wildman–Crippen LogP) is 3.85. The van der Waals surface area contributed by atoms with Crippen LogP contribution in [-0.2, 0) is 31.3 Å². The lowest BCUT2D eigenvalue weighted by Crippen LogP contribution is -2.32. The lowest BCUT2D eigenvalue weighted by molar-refractivity contribution is 0.210. The Balaban J connectivity index is 1.62. The van der Waals surface area contributed by atoms with Crippen LogP contribution in [0.4, 0.5) is 10.2 Å². The van der Waals surface area contributed by atoms with E-state index in [4.69, 9.17) is 16.3 Å². The molecule has 0 aliphatic carbocycles. The molecule has 1 aliphatic rings. The molecule has 0 saturated carbocycles. The van der Waals surface area contributed by atoms with Crippen molar-refractivity contribution in [1.82, 2.24) is 14.5 Å². The van der Waals surface area contributed by atoms with Crippen LogP contribution in [0.1, 0.15) is 22.4 Å². The Labute approximate surface area is 179 Å². The van der Waals surface area contributed by atoms with Gasteiger partial charge in [0.05, 0.1) is 12.2 Å². The average molecular weight is 428 g/mol. The lowest BCUT2D eigenvalue weighted by atomic mass is 9.96. The number of hydrogen-bond acceptors (Lipinski definition) is 5. The molecule has 30 heavy (non-hydrogen) atoms. The molecular formula is C22H23ClFN5O. The summed E-state index contributed by atoms with van der Waals surface area (Å²) in [5, 5.41) is 14.0. The highest BCUT2D eigenvalue weighted by atomic mass is 35.5. The van der Waals surface area contributed by atoms with Crippen molar-refractivity contribution in [3.63, 3.8) is 0 Å². The second-order valence-corrected chi connectivity index (χ2v) is 7.83. The maximum atomic E-state index is 13.6. The van der Waals surface area contributed by atoms with E-state index in [1.807, 2.05) is 19.2 Å². The van der Waals surface area contributed by atoms with E-state index in [0.717, 1.165) is 40.7 Å². The second-order valence-electron chi connectivity index (χ2n) is 7.47. The van der Waals surface area contributed by atoms with E-state index < -0.39 is 0 Å². The molecule has 1 N–H and O–H groups in total. The fourth-order valence-corrected chi connectivity index (χ4v) is 4.32. The van der Waals surface area contributed by atoms with Crippen LogP contribution in [0.3, 0.4) is 0 Å². The van der Waals surface area contributed by atoms with Gasteiger partial charge in [0.2, 0.25) is 0 Å². The van der Waals surface area contributed by atoms with Crippen molar-refractivity contribution < 1.29 is 9.13 Å². The number of halogens is 2. The summed E-state index contributed by atoms with van der Waals surface area (Å²) in [6.45, 7) is 3.32. The highest BCUT2D eigenvalue weighted by Gasteiger charge is 2.25. The molecule has 4 rings (SSSR count). The summed E-state index contributed by atoms with van der Waals surface area (Å²) in [5.74, 6) is 0.472. The van der Waals surface area contributed by atoms with Crippen molar-refractivity contribution in [2.24, 2.45) is 7.05 Å². The molecule has 8 heteroatoms. The Morgan fingerprint density at radius 1 is 1.33 bits per heavy atom. The van der Waals surface area contributed by atoms with Gasteiger partial charge in [0.1, 0.15) is 22.9 Å². The van der Waals surface area contributed by atoms with Crippen LogP contribution in [0.15, 0.2) is 24.3 Å². The zero-order chi connectivity index (χ0) is 21.3. The maximum absolute atomic E-state index is 13.6. The van der Waals surface area contributed by atoms with E-state index in [2.05, 4.69) is 25.8 Å². The van der Waals surface area contributed by atoms with Crippen LogP contribution < -0.4 is 5.32 Å². The van der Waals surface area contributed by atoms with Gasteiger partial charge in [0.25, 0.3) is 0 Å². The SMILES string of the molecule is COCCNc1nc(Cl)c(C#N)c2c1CN(Cc1cc3cc(F)ccc3n1C)CC2. The van der Waals surface area contributed by atoms with Gasteiger partial charge in [0, 0.05) is 62.5 Å². The number of hydrogen-bond donors (Lipinski definition) is 1. The first kappa shape index (κ1) is 20.6. The first-order valence-electron chi connectivity index (χ1n) is 9.82. The van der Waals surface area contributed by atoms with Crippen LogP contribution in [0.5, 0.6) is 0 Å². The summed E-state index contributed by atoms with van der Waals surface area (Å²) in [6, 6.07) is 9.10. The van der Waals surface area contributed by atoms with Crippen LogP contribution in [-0.4, -0.2) is 41.3 Å². The summed E-state index contributed by atoms with van der Waals surface area (Å²) in [6.07, 6.45) is 0.720. The molecule has 0 bridgehead atoms. The number of rotatable bonds is 6. The number of nitriles is 1. The van der Waals surface area contributed by atoms with E-state index in [9.17, 15) is 9.65 Å². The van der Waals surface area contributed by atoms with Crippen molar-refractivity contribution in [1.29, 1.82) is 5.26 Å². The lowest BCUT2D eigenvalue weighted by Gasteiger charge is -2.31. The Bertz CT molecular complexity index is 1140. The van der Waals surface area contributed by atoms with Gasteiger partial charge in [-0.15, -0.1) is 0 Å². The number of fused-ring (bicyclic) bond motifs is 2. The minimum Gasteiger partial charge on any atom is -0.383 e. The summed E-state index contributed by atoms with van der Waals surface area (Å²) < 4.78 is 20.8. The van der Waals surface area contributed by atoms with Crippen molar-refractivity contribution in [2.45, 2.75) is 19.5 Å². The standard InChI is InChI=1S/C22H23ClFN5O/c1-28-16(10-14-9-15(24)3-4-20(14)28)12-29-7-5-17-18(11-25)21(23)27-22(19(17)13-29)26-6-8-30-2/h3-4,9-10H,5-8,12-13H2,1-2H3,(H,26,27). The monoisotopic (exact) mass is 427 g/mol. The number of nitrogens with zero attached hydrogens (tertiary/aromatic N) is 4. The molecule has 0 fully saturated rings. The molecule has 0 atom stereocenters. The smallest absolute Gasteiger partial charge is 0.149 e. The Morgan fingerprint density at radius 3 is 2.93 bits per heavy atom. The minimum absolute atomic E-state index is 0.231. The molecular weight excluding hydrogens is 405 g/mol. The van der Waals surface area contributed by atoms with Crippen LogP contribution in [0, 0.1) is 17.1 Å². The first-order valence-corrected chi connectivity index (χ1v) is 10.2. The fraction of sp³-hybridized carbons (Fsp3) is 0.364. The zero-order valence-electron chi connectivity index (χ0n) is 17.0. The molecule has 6 nitrogen and oxygen atoms in total. The normalized spacial score (nSPS) is 14.0. The molecule has 1 aromatic carbocycles. The van der Waals surface area contributed by atoms with E-state index in [0.29, 0.717) is 37.6 Å². The van der Waals surface area contributed by atoms with Crippen molar-refractivity contribution >= 4 is 28.3 Å². The third kappa shape index (κ3) is 3.86. The van der Waals surface area contributed by atoms with E-state index in [1.165, 1.54) is 6.07 Å². The van der Waals surface area contributed by atoms with Gasteiger partial charge in [-0.25, -0.2) is 9.37 Å². The van der Waals surface area contributed by atoms with Crippen LogP contribution in [0.25, 0.3) is 10.9 Å². The van der Waals surface area contributed by atoms with E-state index in [1.54, 1.807) is 13.2 Å². The van der Waals surface area contributed by atoms with Gasteiger partial charge < -0.3 is 14.6 Å². The first-order chi connectivity index (χ1) is 14.5. The molecule has 0 radical (unpaired) electrons. The predicted molar refractivity (Wildman–Crippen MR) is 115 cm³/mol. The number of aromatic nitrogens is 2. The van der Waals surface area contributed by atoms with Gasteiger partial charge in [0.15, 0.2) is 0 Å². The Morgan fingerprint density at radius 2 is 2.17 bits per heavy atom. The third-order valence-electron chi connectivity index (χ3n) is 5.63. The summed E-state index contributed by atoms with van der Waals surface area (Å²) in [5.41, 5.74) is 4.54. The van der Waals surface area contributed by atoms with Crippen molar-refractivity contribution in [3.8, 4) is 6.07 Å². The van der Waals surface area contributed by atoms with Gasteiger partial charge in [-0.2, -0.15) is 5.26 Å². The highest BCUT2D eigenvalue weighted by Crippen LogP contribution is 2.32. The van der Waals surface area contributed by atoms with Crippen molar-refractivity contribution in [3.05, 3.63) is 57.6 Å². The maximum Gasteiger partial charge on any atom is 0.149 e. The Kier molecular flexibility index (Phi) is 5.91. The summed E-state index contributed by atoms with van der Waals surface area (Å²) >= 11 is 6.27. The van der Waals surface area contributed by atoms with Gasteiger partial charge in [-0.3, -0.25) is 4.90 Å². The van der Waals surface area contributed by atoms with E-state index >= 15 is 0 Å². The van der Waals surface area contributed by atoms with Crippen LogP contribution in [0.2, 0.25) is 5.15 Å². The number of benzene rings is 1. The molecule has 156 valence electrons. The molecule has 1 aliphatic heterocycles. The van der Waals surface area contributed by atoms with Gasteiger partial charge in [-0.1, -0.05) is 11.6 Å². The molecule has 3 heterocycles. The van der Waals surface area contributed by atoms with E-state index in [-0.39, 0.29) is 11.0 Å². The van der Waals surface area contributed by atoms with Gasteiger partial charge >= 0.3 is 0 Å². The second kappa shape index (κ2) is 8.60. The highest BCUT2D eigenvalue weighted by molar-refractivity contribution is 6.30. The topological polar surface area (TPSA) is 66.1 Å². The quantitative estimate of drug-likeness (QED) is 0.478. The molecule has 0 unspecified atom stereocenters. The fourth-order valence-electron chi connectivity index (χ4n) is 4.08. The number of aryl methyl sites for hydroxylation is 1.